The molecule has 0 unspecified atom stereocenters. The van der Waals surface area contributed by atoms with E-state index in [1.165, 1.54) is 29.5 Å². The highest BCUT2D eigenvalue weighted by Crippen LogP contribution is 2.26. The van der Waals surface area contributed by atoms with Gasteiger partial charge in [-0.05, 0) is 12.1 Å². The van der Waals surface area contributed by atoms with Crippen LogP contribution < -0.4 is 5.32 Å². The molecule has 1 heterocycles. The van der Waals surface area contributed by atoms with E-state index in [1.54, 1.807) is 14.1 Å². The number of carbonyl (C=O) groups excluding carboxylic acids is 1. The van der Waals surface area contributed by atoms with E-state index in [9.17, 15) is 14.9 Å². The van der Waals surface area contributed by atoms with Gasteiger partial charge in [-0.1, -0.05) is 5.16 Å². The number of carbonyl (C=O) groups is 1. The quantitative estimate of drug-likeness (QED) is 0.652. The summed E-state index contributed by atoms with van der Waals surface area (Å²) < 4.78 is 4.57. The van der Waals surface area contributed by atoms with Gasteiger partial charge in [0.25, 0.3) is 11.6 Å². The zero-order chi connectivity index (χ0) is 15.4. The SMILES string of the molecule is CN(C)C(=O)c1ccc(NCc2ncon2)c([N+](=O)[O-])c1. The predicted molar refractivity (Wildman–Crippen MR) is 72.7 cm³/mol. The van der Waals surface area contributed by atoms with Crippen LogP contribution in [-0.4, -0.2) is 40.0 Å². The van der Waals surface area contributed by atoms with Gasteiger partial charge in [-0.2, -0.15) is 4.98 Å². The minimum atomic E-state index is -0.551. The minimum absolute atomic E-state index is 0.179. The van der Waals surface area contributed by atoms with Crippen molar-refractivity contribution in [3.63, 3.8) is 0 Å². The number of nitro groups is 1. The summed E-state index contributed by atoms with van der Waals surface area (Å²) >= 11 is 0. The predicted octanol–water partition coefficient (Wildman–Crippen LogP) is 1.29. The van der Waals surface area contributed by atoms with Crippen LogP contribution in [0.5, 0.6) is 0 Å². The van der Waals surface area contributed by atoms with Gasteiger partial charge in [0.05, 0.1) is 11.5 Å². The normalized spacial score (nSPS) is 10.2. The lowest BCUT2D eigenvalue weighted by Gasteiger charge is -2.11. The fourth-order valence-corrected chi connectivity index (χ4v) is 1.67. The summed E-state index contributed by atoms with van der Waals surface area (Å²) in [5.41, 5.74) is 0.336. The Morgan fingerprint density at radius 3 is 2.81 bits per heavy atom. The highest BCUT2D eigenvalue weighted by Gasteiger charge is 2.18. The zero-order valence-electron chi connectivity index (χ0n) is 11.4. The van der Waals surface area contributed by atoms with E-state index in [1.807, 2.05) is 0 Å². The van der Waals surface area contributed by atoms with Crippen molar-refractivity contribution in [2.45, 2.75) is 6.54 Å². The summed E-state index contributed by atoms with van der Waals surface area (Å²) in [6.07, 6.45) is 1.17. The molecule has 0 fully saturated rings. The van der Waals surface area contributed by atoms with Crippen molar-refractivity contribution in [3.8, 4) is 0 Å². The molecule has 0 saturated heterocycles. The second-order valence-corrected chi connectivity index (χ2v) is 4.39. The molecule has 1 N–H and O–H groups in total. The lowest BCUT2D eigenvalue weighted by molar-refractivity contribution is -0.384. The van der Waals surface area contributed by atoms with Crippen LogP contribution in [0, 0.1) is 10.1 Å². The second-order valence-electron chi connectivity index (χ2n) is 4.39. The number of rotatable bonds is 5. The summed E-state index contributed by atoms with van der Waals surface area (Å²) in [6.45, 7) is 0.179. The number of benzene rings is 1. The standard InChI is InChI=1S/C12H13N5O4/c1-16(2)12(18)8-3-4-9(10(5-8)17(19)20)13-6-11-14-7-21-15-11/h3-5,7,13H,6H2,1-2H3. The lowest BCUT2D eigenvalue weighted by Crippen LogP contribution is -2.21. The van der Waals surface area contributed by atoms with Crippen molar-refractivity contribution in [2.24, 2.45) is 0 Å². The van der Waals surface area contributed by atoms with Crippen LogP contribution in [0.2, 0.25) is 0 Å². The Hall–Kier alpha value is -2.97. The minimum Gasteiger partial charge on any atom is -0.372 e. The lowest BCUT2D eigenvalue weighted by atomic mass is 10.1. The third-order valence-corrected chi connectivity index (χ3v) is 2.69. The maximum atomic E-state index is 11.8. The topological polar surface area (TPSA) is 114 Å². The van der Waals surface area contributed by atoms with Crippen molar-refractivity contribution < 1.29 is 14.2 Å². The monoisotopic (exact) mass is 291 g/mol. The molecule has 1 amide bonds. The molecular formula is C12H13N5O4. The van der Waals surface area contributed by atoms with E-state index in [2.05, 4.69) is 20.0 Å². The molecular weight excluding hydrogens is 278 g/mol. The van der Waals surface area contributed by atoms with Gasteiger partial charge >= 0.3 is 0 Å². The number of anilines is 1. The summed E-state index contributed by atoms with van der Waals surface area (Å²) in [4.78, 5) is 27.6. The van der Waals surface area contributed by atoms with Gasteiger partial charge < -0.3 is 14.7 Å². The van der Waals surface area contributed by atoms with Gasteiger partial charge in [0.2, 0.25) is 6.39 Å². The van der Waals surface area contributed by atoms with Gasteiger partial charge in [0.15, 0.2) is 5.82 Å². The summed E-state index contributed by atoms with van der Waals surface area (Å²) in [7, 11) is 3.16. The molecule has 2 aromatic rings. The molecule has 0 aliphatic heterocycles. The maximum Gasteiger partial charge on any atom is 0.293 e. The largest absolute Gasteiger partial charge is 0.372 e. The Morgan fingerprint density at radius 2 is 2.24 bits per heavy atom. The third-order valence-electron chi connectivity index (χ3n) is 2.69. The van der Waals surface area contributed by atoms with E-state index < -0.39 is 4.92 Å². The average molecular weight is 291 g/mol. The summed E-state index contributed by atoms with van der Waals surface area (Å²) in [6, 6.07) is 4.24. The molecule has 0 atom stereocenters. The van der Waals surface area contributed by atoms with Crippen LogP contribution in [0.3, 0.4) is 0 Å². The van der Waals surface area contributed by atoms with E-state index in [4.69, 9.17) is 0 Å². The first-order chi connectivity index (χ1) is 9.99. The van der Waals surface area contributed by atoms with Gasteiger partial charge in [-0.25, -0.2) is 0 Å². The Bertz CT molecular complexity index is 654. The highest BCUT2D eigenvalue weighted by molar-refractivity contribution is 5.95. The summed E-state index contributed by atoms with van der Waals surface area (Å²) in [5, 5.41) is 17.6. The second kappa shape index (κ2) is 5.99. The van der Waals surface area contributed by atoms with Gasteiger partial charge in [0.1, 0.15) is 5.69 Å². The fraction of sp³-hybridized carbons (Fsp3) is 0.250. The Balaban J connectivity index is 2.25. The van der Waals surface area contributed by atoms with Crippen molar-refractivity contribution in [1.82, 2.24) is 15.0 Å². The average Bonchev–Trinajstić information content (AvgIpc) is 2.97. The number of amides is 1. The van der Waals surface area contributed by atoms with Crippen LogP contribution in [0.15, 0.2) is 29.1 Å². The number of nitrogens with zero attached hydrogens (tertiary/aromatic N) is 4. The van der Waals surface area contributed by atoms with E-state index in [-0.39, 0.29) is 29.4 Å². The summed E-state index contributed by atoms with van der Waals surface area (Å²) in [5.74, 6) is 0.0700. The zero-order valence-corrected chi connectivity index (χ0v) is 11.4. The van der Waals surface area contributed by atoms with Gasteiger partial charge in [-0.15, -0.1) is 0 Å². The van der Waals surface area contributed by atoms with Crippen LogP contribution in [0.4, 0.5) is 11.4 Å². The molecule has 9 heteroatoms. The van der Waals surface area contributed by atoms with Crippen LogP contribution in [-0.2, 0) is 6.54 Å². The number of aromatic nitrogens is 2. The Morgan fingerprint density at radius 1 is 1.48 bits per heavy atom. The van der Waals surface area contributed by atoms with Crippen LogP contribution in [0.1, 0.15) is 16.2 Å². The van der Waals surface area contributed by atoms with Gasteiger partial charge in [0, 0.05) is 25.7 Å². The smallest absolute Gasteiger partial charge is 0.293 e. The molecule has 0 bridgehead atoms. The third kappa shape index (κ3) is 3.32. The Kier molecular flexibility index (Phi) is 4.12. The van der Waals surface area contributed by atoms with E-state index in [0.29, 0.717) is 5.82 Å². The number of nitro benzene ring substituents is 1. The number of hydrogen-bond donors (Lipinski definition) is 1. The molecule has 1 aromatic carbocycles. The molecule has 21 heavy (non-hydrogen) atoms. The molecule has 1 aromatic heterocycles. The molecule has 0 aliphatic carbocycles. The van der Waals surface area contributed by atoms with Crippen LogP contribution >= 0.6 is 0 Å². The first-order valence-corrected chi connectivity index (χ1v) is 5.98. The molecule has 0 radical (unpaired) electrons. The van der Waals surface area contributed by atoms with Crippen molar-refractivity contribution in [3.05, 3.63) is 46.1 Å². The molecule has 0 aliphatic rings. The first kappa shape index (κ1) is 14.4. The highest BCUT2D eigenvalue weighted by atomic mass is 16.6. The molecule has 110 valence electrons. The van der Waals surface area contributed by atoms with Gasteiger partial charge in [-0.3, -0.25) is 14.9 Å². The number of hydrogen-bond acceptors (Lipinski definition) is 7. The van der Waals surface area contributed by atoms with Crippen molar-refractivity contribution in [2.75, 3.05) is 19.4 Å². The van der Waals surface area contributed by atoms with E-state index in [0.717, 1.165) is 0 Å². The van der Waals surface area contributed by atoms with E-state index >= 15 is 0 Å². The molecule has 0 spiro atoms. The Labute approximate surface area is 119 Å². The fourth-order valence-electron chi connectivity index (χ4n) is 1.67. The molecule has 0 saturated carbocycles. The first-order valence-electron chi connectivity index (χ1n) is 5.98. The maximum absolute atomic E-state index is 11.8. The molecule has 2 rings (SSSR count). The van der Waals surface area contributed by atoms with Crippen molar-refractivity contribution >= 4 is 17.3 Å². The van der Waals surface area contributed by atoms with Crippen LogP contribution in [0.25, 0.3) is 0 Å². The molecule has 9 nitrogen and oxygen atoms in total. The number of nitrogens with one attached hydrogen (secondary N) is 1. The van der Waals surface area contributed by atoms with Crippen molar-refractivity contribution in [1.29, 1.82) is 0 Å².